The van der Waals surface area contributed by atoms with Crippen molar-refractivity contribution in [3.05, 3.63) is 58.4 Å². The van der Waals surface area contributed by atoms with Crippen molar-refractivity contribution in [3.63, 3.8) is 0 Å². The lowest BCUT2D eigenvalue weighted by Gasteiger charge is -2.08. The number of ketones is 1. The highest BCUT2D eigenvalue weighted by Gasteiger charge is 2.11. The van der Waals surface area contributed by atoms with E-state index in [2.05, 4.69) is 10.3 Å². The Hall–Kier alpha value is -2.20. The second-order valence-electron chi connectivity index (χ2n) is 4.46. The highest BCUT2D eigenvalue weighted by Crippen LogP contribution is 2.24. The van der Waals surface area contributed by atoms with Crippen LogP contribution < -0.4 is 5.32 Å². The van der Waals surface area contributed by atoms with Gasteiger partial charge in [0, 0.05) is 18.0 Å². The summed E-state index contributed by atoms with van der Waals surface area (Å²) in [5.41, 5.74) is 2.23. The first kappa shape index (κ1) is 14.2. The fraction of sp³-hybridized carbons (Fsp3) is 0.133. The molecule has 0 fully saturated rings. The van der Waals surface area contributed by atoms with Gasteiger partial charge in [0.1, 0.15) is 0 Å². The molecule has 0 aliphatic rings. The number of carbonyl (C=O) groups is 2. The van der Waals surface area contributed by atoms with Crippen LogP contribution in [0.4, 0.5) is 5.69 Å². The SMILES string of the molecule is CC(=O)c1ccc(Cl)c(NC(=O)c2cncc(C)c2)c1. The van der Waals surface area contributed by atoms with Gasteiger partial charge in [-0.05, 0) is 43.7 Å². The summed E-state index contributed by atoms with van der Waals surface area (Å²) in [7, 11) is 0. The van der Waals surface area contributed by atoms with Gasteiger partial charge in [-0.3, -0.25) is 14.6 Å². The minimum atomic E-state index is -0.316. The van der Waals surface area contributed by atoms with E-state index in [0.717, 1.165) is 5.56 Å². The average molecular weight is 289 g/mol. The molecule has 102 valence electrons. The number of pyridine rings is 1. The summed E-state index contributed by atoms with van der Waals surface area (Å²) in [6.45, 7) is 3.31. The van der Waals surface area contributed by atoms with Crippen LogP contribution in [0.3, 0.4) is 0 Å². The molecule has 1 N–H and O–H groups in total. The van der Waals surface area contributed by atoms with Gasteiger partial charge in [-0.1, -0.05) is 11.6 Å². The Bertz CT molecular complexity index is 683. The molecule has 1 heterocycles. The van der Waals surface area contributed by atoms with Gasteiger partial charge in [0.25, 0.3) is 5.91 Å². The first-order chi connectivity index (χ1) is 9.47. The van der Waals surface area contributed by atoms with Crippen LogP contribution in [0, 0.1) is 6.92 Å². The van der Waals surface area contributed by atoms with Gasteiger partial charge in [0.05, 0.1) is 16.3 Å². The second-order valence-corrected chi connectivity index (χ2v) is 4.86. The molecule has 0 aliphatic heterocycles. The molecule has 4 nitrogen and oxygen atoms in total. The minimum absolute atomic E-state index is 0.0885. The van der Waals surface area contributed by atoms with Crippen molar-refractivity contribution in [1.29, 1.82) is 0 Å². The lowest BCUT2D eigenvalue weighted by atomic mass is 10.1. The molecule has 0 spiro atoms. The number of amides is 1. The lowest BCUT2D eigenvalue weighted by molar-refractivity contribution is 0.101. The van der Waals surface area contributed by atoms with E-state index in [4.69, 9.17) is 11.6 Å². The highest BCUT2D eigenvalue weighted by atomic mass is 35.5. The molecule has 0 bridgehead atoms. The van der Waals surface area contributed by atoms with Gasteiger partial charge in [-0.15, -0.1) is 0 Å². The largest absolute Gasteiger partial charge is 0.321 e. The maximum atomic E-state index is 12.1. The number of anilines is 1. The third-order valence-electron chi connectivity index (χ3n) is 2.76. The molecular weight excluding hydrogens is 276 g/mol. The standard InChI is InChI=1S/C15H13ClN2O2/c1-9-5-12(8-17-7-9)15(20)18-14-6-11(10(2)19)3-4-13(14)16/h3-8H,1-2H3,(H,18,20). The molecule has 1 aromatic carbocycles. The Morgan fingerprint density at radius 1 is 1.15 bits per heavy atom. The summed E-state index contributed by atoms with van der Waals surface area (Å²) in [4.78, 5) is 27.4. The Labute approximate surface area is 121 Å². The number of carbonyl (C=O) groups excluding carboxylic acids is 2. The maximum absolute atomic E-state index is 12.1. The minimum Gasteiger partial charge on any atom is -0.321 e. The Balaban J connectivity index is 2.27. The van der Waals surface area contributed by atoms with Crippen molar-refractivity contribution in [3.8, 4) is 0 Å². The number of nitrogens with zero attached hydrogens (tertiary/aromatic N) is 1. The Kier molecular flexibility index (Phi) is 4.15. The Morgan fingerprint density at radius 3 is 2.55 bits per heavy atom. The van der Waals surface area contributed by atoms with E-state index >= 15 is 0 Å². The zero-order valence-electron chi connectivity index (χ0n) is 11.1. The van der Waals surface area contributed by atoms with E-state index in [1.807, 2.05) is 6.92 Å². The average Bonchev–Trinajstić information content (AvgIpc) is 2.41. The van der Waals surface area contributed by atoms with Crippen molar-refractivity contribution in [2.24, 2.45) is 0 Å². The lowest BCUT2D eigenvalue weighted by Crippen LogP contribution is -2.13. The van der Waals surface area contributed by atoms with Crippen molar-refractivity contribution < 1.29 is 9.59 Å². The van der Waals surface area contributed by atoms with Gasteiger partial charge in [0.15, 0.2) is 5.78 Å². The number of hydrogen-bond donors (Lipinski definition) is 1. The van der Waals surface area contributed by atoms with Crippen LogP contribution in [0.1, 0.15) is 33.2 Å². The zero-order chi connectivity index (χ0) is 14.7. The summed E-state index contributed by atoms with van der Waals surface area (Å²) in [6.07, 6.45) is 3.14. The molecule has 0 saturated carbocycles. The van der Waals surface area contributed by atoms with Crippen LogP contribution in [-0.2, 0) is 0 Å². The van der Waals surface area contributed by atoms with Crippen molar-refractivity contribution in [1.82, 2.24) is 4.98 Å². The highest BCUT2D eigenvalue weighted by molar-refractivity contribution is 6.34. The van der Waals surface area contributed by atoms with Gasteiger partial charge < -0.3 is 5.32 Å². The van der Waals surface area contributed by atoms with Crippen molar-refractivity contribution in [2.45, 2.75) is 13.8 Å². The summed E-state index contributed by atoms with van der Waals surface area (Å²) >= 11 is 6.02. The zero-order valence-corrected chi connectivity index (χ0v) is 11.9. The number of nitrogens with one attached hydrogen (secondary N) is 1. The molecule has 0 aliphatic carbocycles. The molecule has 0 unspecified atom stereocenters. The molecule has 2 aromatic rings. The normalized spacial score (nSPS) is 10.2. The maximum Gasteiger partial charge on any atom is 0.257 e. The first-order valence-electron chi connectivity index (χ1n) is 6.01. The second kappa shape index (κ2) is 5.84. The van der Waals surface area contributed by atoms with Crippen LogP contribution in [0.15, 0.2) is 36.7 Å². The molecule has 1 amide bonds. The molecule has 0 radical (unpaired) electrons. The number of aryl methyl sites for hydroxylation is 1. The van der Waals surface area contributed by atoms with Crippen LogP contribution in [0.2, 0.25) is 5.02 Å². The third-order valence-corrected chi connectivity index (χ3v) is 3.09. The smallest absolute Gasteiger partial charge is 0.257 e. The summed E-state index contributed by atoms with van der Waals surface area (Å²) in [6, 6.07) is 6.49. The molecule has 0 saturated heterocycles. The van der Waals surface area contributed by atoms with Crippen molar-refractivity contribution >= 4 is 29.0 Å². The van der Waals surface area contributed by atoms with Crippen molar-refractivity contribution in [2.75, 3.05) is 5.32 Å². The van der Waals surface area contributed by atoms with Crippen LogP contribution >= 0.6 is 11.6 Å². The fourth-order valence-corrected chi connectivity index (χ4v) is 1.88. The summed E-state index contributed by atoms with van der Waals surface area (Å²) < 4.78 is 0. The molecule has 2 rings (SSSR count). The quantitative estimate of drug-likeness (QED) is 0.879. The number of rotatable bonds is 3. The topological polar surface area (TPSA) is 59.1 Å². The third kappa shape index (κ3) is 3.22. The first-order valence-corrected chi connectivity index (χ1v) is 6.38. The molecule has 5 heteroatoms. The fourth-order valence-electron chi connectivity index (χ4n) is 1.71. The molecular formula is C15H13ClN2O2. The molecule has 20 heavy (non-hydrogen) atoms. The van der Waals surface area contributed by atoms with Gasteiger partial charge in [0.2, 0.25) is 0 Å². The molecule has 0 atom stereocenters. The van der Waals surface area contributed by atoms with Crippen LogP contribution in [0.25, 0.3) is 0 Å². The number of aromatic nitrogens is 1. The number of halogens is 1. The summed E-state index contributed by atoms with van der Waals surface area (Å²) in [5, 5.41) is 3.06. The predicted octanol–water partition coefficient (Wildman–Crippen LogP) is 3.50. The number of benzene rings is 1. The van der Waals surface area contributed by atoms with Crippen LogP contribution in [0.5, 0.6) is 0 Å². The van der Waals surface area contributed by atoms with E-state index in [9.17, 15) is 9.59 Å². The van der Waals surface area contributed by atoms with E-state index in [-0.39, 0.29) is 11.7 Å². The molecule has 1 aromatic heterocycles. The van der Waals surface area contributed by atoms with Crippen LogP contribution in [-0.4, -0.2) is 16.7 Å². The predicted molar refractivity (Wildman–Crippen MR) is 78.4 cm³/mol. The Morgan fingerprint density at radius 2 is 1.90 bits per heavy atom. The van der Waals surface area contributed by atoms with E-state index in [1.165, 1.54) is 13.1 Å². The van der Waals surface area contributed by atoms with E-state index < -0.39 is 0 Å². The number of hydrogen-bond acceptors (Lipinski definition) is 3. The van der Waals surface area contributed by atoms with E-state index in [0.29, 0.717) is 21.8 Å². The van der Waals surface area contributed by atoms with E-state index in [1.54, 1.807) is 30.5 Å². The summed E-state index contributed by atoms with van der Waals surface area (Å²) in [5.74, 6) is -0.404. The van der Waals surface area contributed by atoms with Gasteiger partial charge in [-0.2, -0.15) is 0 Å². The van der Waals surface area contributed by atoms with Gasteiger partial charge in [-0.25, -0.2) is 0 Å². The van der Waals surface area contributed by atoms with Gasteiger partial charge >= 0.3 is 0 Å². The monoisotopic (exact) mass is 288 g/mol. The number of Topliss-reactive ketones (excluding diaryl/α,β-unsaturated/α-hetero) is 1.